The summed E-state index contributed by atoms with van der Waals surface area (Å²) in [7, 11) is 0.954. The van der Waals surface area contributed by atoms with Gasteiger partial charge < -0.3 is 0 Å². The number of nitrogens with zero attached hydrogens (tertiary/aromatic N) is 1. The van der Waals surface area contributed by atoms with Gasteiger partial charge in [-0.3, -0.25) is 4.98 Å². The minimum absolute atomic E-state index is 0.954. The molecule has 0 amide bonds. The van der Waals surface area contributed by atoms with Crippen LogP contribution in [-0.2, 0) is 0 Å². The number of aromatic nitrogens is 1. The molecule has 2 rings (SSSR count). The molecule has 1 saturated carbocycles. The molecule has 58 valence electrons. The van der Waals surface area contributed by atoms with E-state index in [1.165, 1.54) is 24.7 Å². The summed E-state index contributed by atoms with van der Waals surface area (Å²) in [6, 6.07) is 6.19. The minimum atomic E-state index is 0.954. The lowest BCUT2D eigenvalue weighted by Crippen LogP contribution is -2.16. The van der Waals surface area contributed by atoms with Crippen molar-refractivity contribution < 1.29 is 0 Å². The zero-order valence-corrected chi connectivity index (χ0v) is 7.46. The molecule has 2 heteroatoms. The normalized spacial score (nSPS) is 18.9. The molecule has 1 heterocycles. The Balaban J connectivity index is 1.95. The van der Waals surface area contributed by atoms with E-state index >= 15 is 0 Å². The lowest BCUT2D eigenvalue weighted by Gasteiger charge is -2.24. The monoisotopic (exact) mass is 165 g/mol. The third-order valence-electron chi connectivity index (χ3n) is 2.12. The summed E-state index contributed by atoms with van der Waals surface area (Å²) in [4.78, 5) is 4.31. The van der Waals surface area contributed by atoms with Crippen LogP contribution in [0.2, 0.25) is 0 Å². The Morgan fingerprint density at radius 3 is 2.82 bits per heavy atom. The Labute approximate surface area is 69.0 Å². The van der Waals surface area contributed by atoms with Crippen LogP contribution in [0.15, 0.2) is 24.4 Å². The molecule has 0 N–H and O–H groups in total. The van der Waals surface area contributed by atoms with Gasteiger partial charge in [0.2, 0.25) is 0 Å². The van der Waals surface area contributed by atoms with Crippen molar-refractivity contribution >= 4 is 14.0 Å². The van der Waals surface area contributed by atoms with Gasteiger partial charge in [-0.2, -0.15) is 0 Å². The Bertz CT molecular complexity index is 218. The molecule has 0 saturated heterocycles. The molecule has 0 radical (unpaired) electrons. The predicted molar refractivity (Wildman–Crippen MR) is 49.8 cm³/mol. The lowest BCUT2D eigenvalue weighted by molar-refractivity contribution is 0.519. The summed E-state index contributed by atoms with van der Waals surface area (Å²) in [5.74, 6) is 0. The van der Waals surface area contributed by atoms with E-state index in [1.807, 2.05) is 12.3 Å². The van der Waals surface area contributed by atoms with Gasteiger partial charge in [-0.1, -0.05) is 21.1 Å². The van der Waals surface area contributed by atoms with E-state index in [4.69, 9.17) is 0 Å². The molecule has 1 aliphatic rings. The summed E-state index contributed by atoms with van der Waals surface area (Å²) >= 11 is 0. The quantitative estimate of drug-likeness (QED) is 0.610. The highest BCUT2D eigenvalue weighted by atomic mass is 31.1. The maximum absolute atomic E-state index is 4.31. The van der Waals surface area contributed by atoms with E-state index in [-0.39, 0.29) is 0 Å². The Kier molecular flexibility index (Phi) is 2.18. The van der Waals surface area contributed by atoms with Crippen molar-refractivity contribution in [2.75, 3.05) is 0 Å². The van der Waals surface area contributed by atoms with Crippen molar-refractivity contribution in [3.05, 3.63) is 24.4 Å². The average Bonchev–Trinajstić information content (AvgIpc) is 1.99. The fourth-order valence-electron chi connectivity index (χ4n) is 1.21. The second kappa shape index (κ2) is 3.32. The van der Waals surface area contributed by atoms with Crippen LogP contribution in [0.25, 0.3) is 0 Å². The second-order valence-corrected chi connectivity index (χ2v) is 4.60. The standard InChI is InChI=1S/C9H12NP/c1-2-7-10-9(6-1)11-8-4-3-5-8/h1-2,6-8,11H,3-5H2. The first-order valence-electron chi connectivity index (χ1n) is 4.13. The summed E-state index contributed by atoms with van der Waals surface area (Å²) < 4.78 is 0. The molecule has 1 nitrogen and oxygen atoms in total. The van der Waals surface area contributed by atoms with Gasteiger partial charge in [-0.05, 0) is 30.6 Å². The van der Waals surface area contributed by atoms with Gasteiger partial charge in [0.05, 0.1) is 5.44 Å². The molecule has 0 spiro atoms. The highest BCUT2D eigenvalue weighted by molar-refractivity contribution is 7.47. The summed E-state index contributed by atoms with van der Waals surface area (Å²) in [6.45, 7) is 0. The van der Waals surface area contributed by atoms with Crippen LogP contribution in [0.1, 0.15) is 19.3 Å². The van der Waals surface area contributed by atoms with Crippen LogP contribution < -0.4 is 5.44 Å². The van der Waals surface area contributed by atoms with E-state index in [0.29, 0.717) is 0 Å². The molecule has 1 aliphatic carbocycles. The first-order chi connectivity index (χ1) is 5.45. The molecule has 0 aromatic carbocycles. The third kappa shape index (κ3) is 1.78. The molecule has 1 aromatic heterocycles. The van der Waals surface area contributed by atoms with Gasteiger partial charge >= 0.3 is 0 Å². The molecule has 1 fully saturated rings. The fourth-order valence-corrected chi connectivity index (χ4v) is 2.67. The van der Waals surface area contributed by atoms with Crippen LogP contribution in [0.3, 0.4) is 0 Å². The molecule has 1 unspecified atom stereocenters. The van der Waals surface area contributed by atoms with E-state index in [2.05, 4.69) is 17.1 Å². The minimum Gasteiger partial charge on any atom is -0.257 e. The molecule has 0 aliphatic heterocycles. The van der Waals surface area contributed by atoms with Crippen LogP contribution in [-0.4, -0.2) is 10.6 Å². The third-order valence-corrected chi connectivity index (χ3v) is 3.70. The highest BCUT2D eigenvalue weighted by Crippen LogP contribution is 2.34. The largest absolute Gasteiger partial charge is 0.257 e. The molecule has 11 heavy (non-hydrogen) atoms. The zero-order valence-electron chi connectivity index (χ0n) is 6.46. The van der Waals surface area contributed by atoms with Crippen molar-refractivity contribution in [3.63, 3.8) is 0 Å². The van der Waals surface area contributed by atoms with Crippen molar-refractivity contribution in [2.24, 2.45) is 0 Å². The molecule has 0 bridgehead atoms. The van der Waals surface area contributed by atoms with Crippen molar-refractivity contribution in [3.8, 4) is 0 Å². The van der Waals surface area contributed by atoms with Crippen LogP contribution in [0.4, 0.5) is 0 Å². The van der Waals surface area contributed by atoms with Gasteiger partial charge in [0, 0.05) is 6.20 Å². The molecule has 1 aromatic rings. The van der Waals surface area contributed by atoms with Gasteiger partial charge in [-0.15, -0.1) is 0 Å². The summed E-state index contributed by atoms with van der Waals surface area (Å²) in [6.07, 6.45) is 6.18. The maximum Gasteiger partial charge on any atom is 0.0602 e. The maximum atomic E-state index is 4.31. The lowest BCUT2D eigenvalue weighted by atomic mass is 10.00. The van der Waals surface area contributed by atoms with Crippen LogP contribution in [0.5, 0.6) is 0 Å². The topological polar surface area (TPSA) is 12.9 Å². The average molecular weight is 165 g/mol. The Morgan fingerprint density at radius 1 is 1.36 bits per heavy atom. The van der Waals surface area contributed by atoms with Gasteiger partial charge in [-0.25, -0.2) is 0 Å². The highest BCUT2D eigenvalue weighted by Gasteiger charge is 2.17. The van der Waals surface area contributed by atoms with Gasteiger partial charge in [0.15, 0.2) is 0 Å². The first-order valence-corrected chi connectivity index (χ1v) is 5.20. The number of pyridine rings is 1. The van der Waals surface area contributed by atoms with Gasteiger partial charge in [0.25, 0.3) is 0 Å². The first kappa shape index (κ1) is 7.24. The fraction of sp³-hybridized carbons (Fsp3) is 0.444. The Morgan fingerprint density at radius 2 is 2.27 bits per heavy atom. The number of rotatable bonds is 2. The van der Waals surface area contributed by atoms with Crippen LogP contribution in [0, 0.1) is 0 Å². The predicted octanol–water partition coefficient (Wildman–Crippen LogP) is 1.94. The second-order valence-electron chi connectivity index (χ2n) is 2.99. The smallest absolute Gasteiger partial charge is 0.0602 e. The summed E-state index contributed by atoms with van der Waals surface area (Å²) in [5.41, 5.74) is 2.25. The van der Waals surface area contributed by atoms with Crippen molar-refractivity contribution in [1.82, 2.24) is 4.98 Å². The zero-order chi connectivity index (χ0) is 7.52. The molecular weight excluding hydrogens is 153 g/mol. The number of hydrogen-bond donors (Lipinski definition) is 0. The van der Waals surface area contributed by atoms with Crippen molar-refractivity contribution in [2.45, 2.75) is 24.9 Å². The van der Waals surface area contributed by atoms with E-state index in [9.17, 15) is 0 Å². The molecular formula is C9H12NP. The van der Waals surface area contributed by atoms with Crippen LogP contribution >= 0.6 is 8.58 Å². The van der Waals surface area contributed by atoms with Gasteiger partial charge in [0.1, 0.15) is 0 Å². The Hall–Kier alpha value is -0.420. The SMILES string of the molecule is c1ccc(PC2CCC2)nc1. The molecule has 1 atom stereocenters. The summed E-state index contributed by atoms with van der Waals surface area (Å²) in [5, 5.41) is 0. The van der Waals surface area contributed by atoms with E-state index in [1.54, 1.807) is 0 Å². The number of hydrogen-bond acceptors (Lipinski definition) is 1. The van der Waals surface area contributed by atoms with Crippen molar-refractivity contribution in [1.29, 1.82) is 0 Å². The van der Waals surface area contributed by atoms with E-state index < -0.39 is 0 Å². The van der Waals surface area contributed by atoms with E-state index in [0.717, 1.165) is 14.2 Å².